The molecule has 3 rings (SSSR count). The summed E-state index contributed by atoms with van der Waals surface area (Å²) in [5, 5.41) is 22.5. The maximum atomic E-state index is 12.5. The zero-order valence-corrected chi connectivity index (χ0v) is 15.0. The Hall–Kier alpha value is -2.86. The zero-order chi connectivity index (χ0) is 19.3. The fourth-order valence-corrected chi connectivity index (χ4v) is 3.35. The quantitative estimate of drug-likeness (QED) is 0.700. The van der Waals surface area contributed by atoms with Crippen LogP contribution in [0.25, 0.3) is 0 Å². The number of aliphatic carboxylic acids is 1. The minimum absolute atomic E-state index is 0.00820. The van der Waals surface area contributed by atoms with Crippen LogP contribution >= 0.6 is 0 Å². The smallest absolute Gasteiger partial charge is 0.317 e. The second-order valence-electron chi connectivity index (χ2n) is 7.02. The van der Waals surface area contributed by atoms with Crippen LogP contribution in [0.1, 0.15) is 24.0 Å². The number of likely N-dealkylation sites (tertiary alicyclic amines) is 1. The number of amides is 2. The van der Waals surface area contributed by atoms with E-state index in [1.165, 1.54) is 0 Å². The molecule has 2 aromatic carbocycles. The molecular formula is C21H24N2O4. The van der Waals surface area contributed by atoms with E-state index in [0.717, 1.165) is 11.1 Å². The summed E-state index contributed by atoms with van der Waals surface area (Å²) < 4.78 is 0. The van der Waals surface area contributed by atoms with Gasteiger partial charge >= 0.3 is 12.0 Å². The van der Waals surface area contributed by atoms with Gasteiger partial charge in [0.2, 0.25) is 0 Å². The highest BCUT2D eigenvalue weighted by Crippen LogP contribution is 2.31. The average Bonchev–Trinajstić information content (AvgIpc) is 2.65. The normalized spacial score (nSPS) is 16.3. The minimum atomic E-state index is -1.02. The van der Waals surface area contributed by atoms with Gasteiger partial charge in [-0.3, -0.25) is 4.79 Å². The Labute approximate surface area is 158 Å². The molecule has 1 unspecified atom stereocenters. The summed E-state index contributed by atoms with van der Waals surface area (Å²) in [4.78, 5) is 25.0. The third-order valence-corrected chi connectivity index (χ3v) is 4.86. The van der Waals surface area contributed by atoms with Gasteiger partial charge in [-0.2, -0.15) is 0 Å². The lowest BCUT2D eigenvalue weighted by Gasteiger charge is -2.47. The summed E-state index contributed by atoms with van der Waals surface area (Å²) in [5.41, 5.74) is 0.813. The van der Waals surface area contributed by atoms with E-state index in [4.69, 9.17) is 5.11 Å². The van der Waals surface area contributed by atoms with E-state index in [2.05, 4.69) is 5.32 Å². The highest BCUT2D eigenvalue weighted by Gasteiger charge is 2.45. The lowest BCUT2D eigenvalue weighted by molar-refractivity contribution is -0.137. The Balaban J connectivity index is 1.58. The molecule has 27 heavy (non-hydrogen) atoms. The highest BCUT2D eigenvalue weighted by molar-refractivity contribution is 5.76. The molecular weight excluding hydrogens is 344 g/mol. The summed E-state index contributed by atoms with van der Waals surface area (Å²) in [6, 6.07) is 18.4. The first-order valence-corrected chi connectivity index (χ1v) is 9.05. The van der Waals surface area contributed by atoms with Gasteiger partial charge in [0.1, 0.15) is 5.60 Å². The SMILES string of the molecule is O=C(O)CCC(Cc1ccccc1)NC(=O)N1CC(O)(c2ccccc2)C1. The standard InChI is InChI=1S/C21H24N2O4/c24-19(25)12-11-18(13-16-7-3-1-4-8-16)22-20(26)23-14-21(27,15-23)17-9-5-2-6-10-17/h1-10,18,27H,11-15H2,(H,22,26)(H,24,25). The van der Waals surface area contributed by atoms with Crippen LogP contribution in [0.2, 0.25) is 0 Å². The summed E-state index contributed by atoms with van der Waals surface area (Å²) >= 11 is 0. The largest absolute Gasteiger partial charge is 0.481 e. The van der Waals surface area contributed by atoms with Crippen molar-refractivity contribution < 1.29 is 19.8 Å². The number of hydrogen-bond donors (Lipinski definition) is 3. The van der Waals surface area contributed by atoms with Gasteiger partial charge < -0.3 is 20.4 Å². The van der Waals surface area contributed by atoms with Gasteiger partial charge in [0.15, 0.2) is 0 Å². The molecule has 1 atom stereocenters. The second kappa shape index (κ2) is 8.22. The van der Waals surface area contributed by atoms with E-state index >= 15 is 0 Å². The van der Waals surface area contributed by atoms with Crippen LogP contribution in [0.15, 0.2) is 60.7 Å². The van der Waals surface area contributed by atoms with E-state index < -0.39 is 11.6 Å². The van der Waals surface area contributed by atoms with Crippen molar-refractivity contribution >= 4 is 12.0 Å². The molecule has 3 N–H and O–H groups in total. The van der Waals surface area contributed by atoms with Crippen molar-refractivity contribution in [3.8, 4) is 0 Å². The van der Waals surface area contributed by atoms with Gasteiger partial charge in [0, 0.05) is 12.5 Å². The number of carboxylic acid groups (broad SMARTS) is 1. The number of β-amino-alcohol motifs (C(OH)–C–C–N with tert-alkyl or cyclic N) is 1. The van der Waals surface area contributed by atoms with Crippen molar-refractivity contribution in [2.45, 2.75) is 30.9 Å². The van der Waals surface area contributed by atoms with Crippen LogP contribution in [-0.2, 0) is 16.8 Å². The molecule has 1 fully saturated rings. The summed E-state index contributed by atoms with van der Waals surface area (Å²) in [5.74, 6) is -0.885. The van der Waals surface area contributed by atoms with Crippen molar-refractivity contribution in [2.24, 2.45) is 0 Å². The molecule has 0 aliphatic carbocycles. The van der Waals surface area contributed by atoms with Crippen molar-refractivity contribution in [3.63, 3.8) is 0 Å². The van der Waals surface area contributed by atoms with Gasteiger partial charge in [-0.05, 0) is 24.0 Å². The maximum absolute atomic E-state index is 12.5. The van der Waals surface area contributed by atoms with Crippen LogP contribution in [-0.4, -0.2) is 46.2 Å². The first-order valence-electron chi connectivity index (χ1n) is 9.05. The maximum Gasteiger partial charge on any atom is 0.317 e. The van der Waals surface area contributed by atoms with E-state index in [0.29, 0.717) is 12.8 Å². The fraction of sp³-hybridized carbons (Fsp3) is 0.333. The molecule has 0 radical (unpaired) electrons. The van der Waals surface area contributed by atoms with Gasteiger partial charge in [-0.15, -0.1) is 0 Å². The summed E-state index contributed by atoms with van der Waals surface area (Å²) in [6.07, 6.45) is 0.912. The summed E-state index contributed by atoms with van der Waals surface area (Å²) in [6.45, 7) is 0.444. The predicted octanol–water partition coefficient (Wildman–Crippen LogP) is 2.38. The number of carboxylic acids is 1. The van der Waals surface area contributed by atoms with Crippen molar-refractivity contribution in [3.05, 3.63) is 71.8 Å². The number of aliphatic hydroxyl groups is 1. The number of benzene rings is 2. The molecule has 6 heteroatoms. The van der Waals surface area contributed by atoms with Gasteiger partial charge in [-0.1, -0.05) is 60.7 Å². The van der Waals surface area contributed by atoms with E-state index in [-0.39, 0.29) is 31.6 Å². The lowest BCUT2D eigenvalue weighted by atomic mass is 9.86. The number of carbonyl (C=O) groups is 2. The highest BCUT2D eigenvalue weighted by atomic mass is 16.4. The minimum Gasteiger partial charge on any atom is -0.481 e. The van der Waals surface area contributed by atoms with Crippen molar-refractivity contribution in [1.82, 2.24) is 10.2 Å². The molecule has 1 aliphatic rings. The number of nitrogens with one attached hydrogen (secondary N) is 1. The molecule has 2 amide bonds. The molecule has 0 aromatic heterocycles. The van der Waals surface area contributed by atoms with Gasteiger partial charge in [-0.25, -0.2) is 4.79 Å². The van der Waals surface area contributed by atoms with Crippen LogP contribution in [0.4, 0.5) is 4.79 Å². The summed E-state index contributed by atoms with van der Waals surface area (Å²) in [7, 11) is 0. The fourth-order valence-electron chi connectivity index (χ4n) is 3.35. The molecule has 0 bridgehead atoms. The van der Waals surface area contributed by atoms with Crippen LogP contribution < -0.4 is 5.32 Å². The Morgan fingerprint density at radius 3 is 2.22 bits per heavy atom. The predicted molar refractivity (Wildman–Crippen MR) is 101 cm³/mol. The van der Waals surface area contributed by atoms with Crippen LogP contribution in [0.3, 0.4) is 0 Å². The molecule has 1 aliphatic heterocycles. The monoisotopic (exact) mass is 368 g/mol. The van der Waals surface area contributed by atoms with Crippen LogP contribution in [0, 0.1) is 0 Å². The topological polar surface area (TPSA) is 89.9 Å². The zero-order valence-electron chi connectivity index (χ0n) is 15.0. The average molecular weight is 368 g/mol. The molecule has 2 aromatic rings. The Morgan fingerprint density at radius 2 is 1.63 bits per heavy atom. The molecule has 0 saturated carbocycles. The molecule has 1 saturated heterocycles. The molecule has 1 heterocycles. The number of nitrogens with zero attached hydrogens (tertiary/aromatic N) is 1. The Morgan fingerprint density at radius 1 is 1.04 bits per heavy atom. The van der Waals surface area contributed by atoms with Gasteiger partial charge in [0.05, 0.1) is 13.1 Å². The van der Waals surface area contributed by atoms with E-state index in [1.807, 2.05) is 60.7 Å². The van der Waals surface area contributed by atoms with E-state index in [9.17, 15) is 14.7 Å². The molecule has 0 spiro atoms. The van der Waals surface area contributed by atoms with Crippen molar-refractivity contribution in [1.29, 1.82) is 0 Å². The van der Waals surface area contributed by atoms with E-state index in [1.54, 1.807) is 4.90 Å². The number of rotatable bonds is 7. The third-order valence-electron chi connectivity index (χ3n) is 4.86. The first-order chi connectivity index (χ1) is 13.0. The van der Waals surface area contributed by atoms with Crippen LogP contribution in [0.5, 0.6) is 0 Å². The molecule has 6 nitrogen and oxygen atoms in total. The first kappa shape index (κ1) is 18.9. The number of urea groups is 1. The number of hydrogen-bond acceptors (Lipinski definition) is 3. The van der Waals surface area contributed by atoms with Gasteiger partial charge in [0.25, 0.3) is 0 Å². The lowest BCUT2D eigenvalue weighted by Crippen LogP contribution is -2.64. The third kappa shape index (κ3) is 4.86. The second-order valence-corrected chi connectivity index (χ2v) is 7.02. The Bertz CT molecular complexity index is 773. The van der Waals surface area contributed by atoms with Crippen molar-refractivity contribution in [2.75, 3.05) is 13.1 Å². The molecule has 142 valence electrons. The Kier molecular flexibility index (Phi) is 5.76. The number of carbonyl (C=O) groups excluding carboxylic acids is 1.